The minimum absolute atomic E-state index is 0.00457. The molecule has 4 rings (SSSR count). The molecule has 2 heterocycles. The van der Waals surface area contributed by atoms with Gasteiger partial charge in [-0.15, -0.1) is 0 Å². The first-order chi connectivity index (χ1) is 15.3. The van der Waals surface area contributed by atoms with Gasteiger partial charge in [-0.25, -0.2) is 0 Å². The van der Waals surface area contributed by atoms with Crippen molar-refractivity contribution in [2.45, 2.75) is 40.0 Å². The lowest BCUT2D eigenvalue weighted by molar-refractivity contribution is -0.138. The predicted molar refractivity (Wildman–Crippen MR) is 125 cm³/mol. The van der Waals surface area contributed by atoms with Crippen molar-refractivity contribution < 1.29 is 14.4 Å². The lowest BCUT2D eigenvalue weighted by Crippen LogP contribution is -2.44. The van der Waals surface area contributed by atoms with Crippen molar-refractivity contribution in [1.82, 2.24) is 4.90 Å². The summed E-state index contributed by atoms with van der Waals surface area (Å²) in [5.74, 6) is -0.371. The van der Waals surface area contributed by atoms with E-state index in [2.05, 4.69) is 5.32 Å². The molecule has 1 N–H and O–H groups in total. The van der Waals surface area contributed by atoms with E-state index in [1.165, 1.54) is 0 Å². The van der Waals surface area contributed by atoms with E-state index in [1.807, 2.05) is 68.1 Å². The van der Waals surface area contributed by atoms with Crippen molar-refractivity contribution in [1.29, 1.82) is 0 Å². The van der Waals surface area contributed by atoms with Crippen LogP contribution in [0, 0.1) is 32.6 Å². The fourth-order valence-electron chi connectivity index (χ4n) is 4.70. The second-order valence-corrected chi connectivity index (χ2v) is 9.10. The van der Waals surface area contributed by atoms with Crippen molar-refractivity contribution in [2.75, 3.05) is 29.9 Å². The summed E-state index contributed by atoms with van der Waals surface area (Å²) in [5.41, 5.74) is 4.97. The Balaban J connectivity index is 1.32. The van der Waals surface area contributed by atoms with E-state index >= 15 is 0 Å². The molecule has 1 atom stereocenters. The van der Waals surface area contributed by atoms with Gasteiger partial charge in [0.15, 0.2) is 0 Å². The molecule has 0 aromatic heterocycles. The molecule has 0 saturated carbocycles. The molecule has 2 saturated heterocycles. The zero-order valence-electron chi connectivity index (χ0n) is 19.1. The standard InChI is InChI=1S/C26H31N3O3/c1-17-7-9-22(10-8-17)29-16-21(15-23(29)30)26(32)28-13-11-20(12-14-28)25(31)27-24-18(2)5-4-6-19(24)3/h4-10,20-21H,11-16H2,1-3H3,(H,27,31). The van der Waals surface area contributed by atoms with E-state index in [1.54, 1.807) is 4.90 Å². The van der Waals surface area contributed by atoms with Crippen molar-refractivity contribution in [3.8, 4) is 0 Å². The Bertz CT molecular complexity index is 1000. The van der Waals surface area contributed by atoms with Gasteiger partial charge in [0, 0.05) is 43.3 Å². The van der Waals surface area contributed by atoms with E-state index in [0.717, 1.165) is 28.1 Å². The molecule has 2 aromatic carbocycles. The third-order valence-corrected chi connectivity index (χ3v) is 6.73. The second kappa shape index (κ2) is 9.15. The van der Waals surface area contributed by atoms with Crippen molar-refractivity contribution in [2.24, 2.45) is 11.8 Å². The van der Waals surface area contributed by atoms with Gasteiger partial charge < -0.3 is 15.1 Å². The monoisotopic (exact) mass is 433 g/mol. The molecular weight excluding hydrogens is 402 g/mol. The Labute approximate surface area is 189 Å². The highest BCUT2D eigenvalue weighted by molar-refractivity contribution is 6.00. The quantitative estimate of drug-likeness (QED) is 0.796. The number of nitrogens with one attached hydrogen (secondary N) is 1. The zero-order valence-corrected chi connectivity index (χ0v) is 19.1. The van der Waals surface area contributed by atoms with Crippen LogP contribution in [0.4, 0.5) is 11.4 Å². The van der Waals surface area contributed by atoms with E-state index in [9.17, 15) is 14.4 Å². The zero-order chi connectivity index (χ0) is 22.8. The lowest BCUT2D eigenvalue weighted by atomic mass is 9.94. The predicted octanol–water partition coefficient (Wildman–Crippen LogP) is 3.84. The Hall–Kier alpha value is -3.15. The average molecular weight is 434 g/mol. The van der Waals surface area contributed by atoms with Gasteiger partial charge in [-0.2, -0.15) is 0 Å². The van der Waals surface area contributed by atoms with Gasteiger partial charge in [-0.1, -0.05) is 35.9 Å². The Morgan fingerprint density at radius 2 is 1.53 bits per heavy atom. The number of anilines is 2. The van der Waals surface area contributed by atoms with Crippen LogP contribution in [0.2, 0.25) is 0 Å². The van der Waals surface area contributed by atoms with E-state index in [4.69, 9.17) is 0 Å². The largest absolute Gasteiger partial charge is 0.342 e. The van der Waals surface area contributed by atoms with Gasteiger partial charge >= 0.3 is 0 Å². The fraction of sp³-hybridized carbons (Fsp3) is 0.423. The Morgan fingerprint density at radius 1 is 0.906 bits per heavy atom. The number of nitrogens with zero attached hydrogens (tertiary/aromatic N) is 2. The molecule has 2 fully saturated rings. The van der Waals surface area contributed by atoms with Crippen LogP contribution in [0.25, 0.3) is 0 Å². The number of carbonyl (C=O) groups excluding carboxylic acids is 3. The van der Waals surface area contributed by atoms with Gasteiger partial charge in [-0.05, 0) is 56.9 Å². The number of para-hydroxylation sites is 1. The van der Waals surface area contributed by atoms with Crippen molar-refractivity contribution >= 4 is 29.1 Å². The summed E-state index contributed by atoms with van der Waals surface area (Å²) in [4.78, 5) is 42.0. The average Bonchev–Trinajstić information content (AvgIpc) is 3.18. The number of hydrogen-bond acceptors (Lipinski definition) is 3. The maximum absolute atomic E-state index is 13.1. The molecule has 32 heavy (non-hydrogen) atoms. The fourth-order valence-corrected chi connectivity index (χ4v) is 4.70. The van der Waals surface area contributed by atoms with Crippen LogP contribution in [0.5, 0.6) is 0 Å². The van der Waals surface area contributed by atoms with Crippen molar-refractivity contribution in [3.63, 3.8) is 0 Å². The van der Waals surface area contributed by atoms with Gasteiger partial charge in [0.2, 0.25) is 17.7 Å². The van der Waals surface area contributed by atoms with Crippen LogP contribution in [0.15, 0.2) is 42.5 Å². The van der Waals surface area contributed by atoms with E-state index in [0.29, 0.717) is 32.5 Å². The molecule has 0 spiro atoms. The SMILES string of the molecule is Cc1ccc(N2CC(C(=O)N3CCC(C(=O)Nc4c(C)cccc4C)CC3)CC2=O)cc1. The number of hydrogen-bond donors (Lipinski definition) is 1. The molecule has 6 heteroatoms. The Morgan fingerprint density at radius 3 is 2.16 bits per heavy atom. The highest BCUT2D eigenvalue weighted by Crippen LogP contribution is 2.29. The van der Waals surface area contributed by atoms with Crippen molar-refractivity contribution in [3.05, 3.63) is 59.2 Å². The molecular formula is C26H31N3O3. The third-order valence-electron chi connectivity index (χ3n) is 6.73. The van der Waals surface area contributed by atoms with Crippen LogP contribution < -0.4 is 10.2 Å². The summed E-state index contributed by atoms with van der Waals surface area (Å²) in [7, 11) is 0. The number of amides is 3. The summed E-state index contributed by atoms with van der Waals surface area (Å²) in [6.07, 6.45) is 1.54. The van der Waals surface area contributed by atoms with Crippen LogP contribution in [0.3, 0.4) is 0 Å². The number of piperidine rings is 1. The van der Waals surface area contributed by atoms with E-state index in [-0.39, 0.29) is 36.0 Å². The second-order valence-electron chi connectivity index (χ2n) is 9.10. The molecule has 1 unspecified atom stereocenters. The maximum atomic E-state index is 13.1. The highest BCUT2D eigenvalue weighted by Gasteiger charge is 2.38. The molecule has 168 valence electrons. The minimum Gasteiger partial charge on any atom is -0.342 e. The summed E-state index contributed by atoms with van der Waals surface area (Å²) in [6, 6.07) is 13.8. The Kier molecular flexibility index (Phi) is 6.31. The van der Waals surface area contributed by atoms with Gasteiger partial charge in [-0.3, -0.25) is 14.4 Å². The minimum atomic E-state index is -0.316. The topological polar surface area (TPSA) is 69.7 Å². The number of carbonyl (C=O) groups is 3. The maximum Gasteiger partial charge on any atom is 0.228 e. The van der Waals surface area contributed by atoms with Crippen LogP contribution in [0.1, 0.15) is 36.0 Å². The van der Waals surface area contributed by atoms with E-state index < -0.39 is 0 Å². The first kappa shape index (κ1) is 22.1. The number of likely N-dealkylation sites (tertiary alicyclic amines) is 1. The van der Waals surface area contributed by atoms with Crippen LogP contribution in [-0.2, 0) is 14.4 Å². The summed E-state index contributed by atoms with van der Waals surface area (Å²) < 4.78 is 0. The highest BCUT2D eigenvalue weighted by atomic mass is 16.2. The first-order valence-corrected chi connectivity index (χ1v) is 11.4. The number of rotatable bonds is 4. The molecule has 0 aliphatic carbocycles. The third kappa shape index (κ3) is 4.54. The lowest BCUT2D eigenvalue weighted by Gasteiger charge is -2.33. The molecule has 2 aliphatic rings. The van der Waals surface area contributed by atoms with Gasteiger partial charge in [0.25, 0.3) is 0 Å². The number of benzene rings is 2. The first-order valence-electron chi connectivity index (χ1n) is 11.4. The van der Waals surface area contributed by atoms with Gasteiger partial charge in [0.05, 0.1) is 5.92 Å². The molecule has 2 aliphatic heterocycles. The smallest absolute Gasteiger partial charge is 0.228 e. The summed E-state index contributed by atoms with van der Waals surface area (Å²) in [5, 5.41) is 3.09. The molecule has 0 bridgehead atoms. The normalized spacial score (nSPS) is 19.3. The molecule has 2 aromatic rings. The molecule has 0 radical (unpaired) electrons. The van der Waals surface area contributed by atoms with Gasteiger partial charge in [0.1, 0.15) is 0 Å². The van der Waals surface area contributed by atoms with Crippen LogP contribution in [-0.4, -0.2) is 42.3 Å². The summed E-state index contributed by atoms with van der Waals surface area (Å²) in [6.45, 7) is 7.53. The number of aryl methyl sites for hydroxylation is 3. The molecule has 6 nitrogen and oxygen atoms in total. The van der Waals surface area contributed by atoms with Crippen LogP contribution >= 0.6 is 0 Å². The summed E-state index contributed by atoms with van der Waals surface area (Å²) >= 11 is 0. The molecule has 3 amide bonds.